The van der Waals surface area contributed by atoms with Crippen molar-refractivity contribution in [1.82, 2.24) is 0 Å². The van der Waals surface area contributed by atoms with E-state index in [1.165, 1.54) is 0 Å². The Morgan fingerprint density at radius 1 is 1.08 bits per heavy atom. The van der Waals surface area contributed by atoms with E-state index in [2.05, 4.69) is 20.7 Å². The number of nitrogens with zero attached hydrogens (tertiary/aromatic N) is 4. The van der Waals surface area contributed by atoms with Gasteiger partial charge in [-0.3, -0.25) is 0 Å². The van der Waals surface area contributed by atoms with Gasteiger partial charge in [-0.25, -0.2) is 0 Å². The highest BCUT2D eigenvalue weighted by Gasteiger charge is 2.14. The van der Waals surface area contributed by atoms with Crippen LogP contribution in [0.2, 0.25) is 5.02 Å². The molecule has 0 saturated heterocycles. The average molecular weight is 180 g/mol. The molecule has 0 aliphatic carbocycles. The molecule has 12 heavy (non-hydrogen) atoms. The fraction of sp³-hybridized carbons (Fsp3) is 0. The Labute approximate surface area is 74.0 Å². The topological polar surface area (TPSA) is 49.4 Å². The summed E-state index contributed by atoms with van der Waals surface area (Å²) in [5.41, 5.74) is 0.826. The van der Waals surface area contributed by atoms with Crippen molar-refractivity contribution >= 4 is 11.6 Å². The van der Waals surface area contributed by atoms with E-state index in [4.69, 9.17) is 11.6 Å². The molecular formula is C7H4ClN4. The minimum absolute atomic E-state index is 0.498. The van der Waals surface area contributed by atoms with E-state index in [0.29, 0.717) is 11.2 Å². The lowest BCUT2D eigenvalue weighted by atomic mass is 10.2. The van der Waals surface area contributed by atoms with Crippen LogP contribution in [0.3, 0.4) is 0 Å². The van der Waals surface area contributed by atoms with Crippen molar-refractivity contribution in [3.05, 3.63) is 41.0 Å². The van der Waals surface area contributed by atoms with Crippen LogP contribution in [0.1, 0.15) is 5.56 Å². The van der Waals surface area contributed by atoms with E-state index in [-0.39, 0.29) is 0 Å². The molecule has 0 N–H and O–H groups in total. The van der Waals surface area contributed by atoms with Gasteiger partial charge in [-0.05, 0) is 22.6 Å². The van der Waals surface area contributed by atoms with Gasteiger partial charge < -0.3 is 0 Å². The smallest absolute Gasteiger partial charge is 0.124 e. The first-order valence-electron chi connectivity index (χ1n) is 3.31. The van der Waals surface area contributed by atoms with Crippen LogP contribution in [0.15, 0.2) is 44.9 Å². The molecule has 0 saturated carbocycles. The van der Waals surface area contributed by atoms with Crippen LogP contribution in [0, 0.1) is 6.17 Å². The molecule has 1 heterocycles. The second-order valence-corrected chi connectivity index (χ2v) is 2.65. The molecule has 4 nitrogen and oxygen atoms in total. The molecule has 0 fully saturated rings. The third-order valence-corrected chi connectivity index (χ3v) is 1.64. The van der Waals surface area contributed by atoms with Gasteiger partial charge in [0.15, 0.2) is 0 Å². The van der Waals surface area contributed by atoms with Crippen LogP contribution in [-0.4, -0.2) is 0 Å². The van der Waals surface area contributed by atoms with Gasteiger partial charge >= 0.3 is 0 Å². The molecule has 0 atom stereocenters. The Bertz CT molecular complexity index is 335. The molecule has 1 radical (unpaired) electrons. The summed E-state index contributed by atoms with van der Waals surface area (Å²) in [4.78, 5) is 0. The fourth-order valence-corrected chi connectivity index (χ4v) is 1.08. The molecule has 0 bridgehead atoms. The van der Waals surface area contributed by atoms with Gasteiger partial charge in [0.1, 0.15) is 0 Å². The predicted octanol–water partition coefficient (Wildman–Crippen LogP) is 3.01. The average Bonchev–Trinajstić information content (AvgIpc) is 2.56. The number of benzene rings is 1. The molecule has 0 unspecified atom stereocenters. The second kappa shape index (κ2) is 2.98. The van der Waals surface area contributed by atoms with Crippen molar-refractivity contribution in [2.75, 3.05) is 0 Å². The third-order valence-electron chi connectivity index (χ3n) is 1.40. The van der Waals surface area contributed by atoms with Gasteiger partial charge in [-0.2, -0.15) is 0 Å². The molecule has 1 aromatic rings. The van der Waals surface area contributed by atoms with Crippen molar-refractivity contribution in [3.8, 4) is 0 Å². The minimum Gasteiger partial charge on any atom is -0.124 e. The molecular weight excluding hydrogens is 176 g/mol. The first-order chi connectivity index (χ1) is 5.86. The fourth-order valence-electron chi connectivity index (χ4n) is 0.888. The molecule has 2 rings (SSSR count). The van der Waals surface area contributed by atoms with Gasteiger partial charge in [-0.15, -0.1) is 10.2 Å². The summed E-state index contributed by atoms with van der Waals surface area (Å²) < 4.78 is 0. The number of hydrogen-bond donors (Lipinski definition) is 0. The summed E-state index contributed by atoms with van der Waals surface area (Å²) in [6.45, 7) is 0. The number of halogens is 1. The van der Waals surface area contributed by atoms with E-state index in [1.54, 1.807) is 12.1 Å². The standard InChI is InChI=1S/C7H4ClN4/c8-6-3-1-2-5(4-6)7-9-11-12-10-7/h1-4H. The predicted molar refractivity (Wildman–Crippen MR) is 43.5 cm³/mol. The van der Waals surface area contributed by atoms with E-state index in [1.807, 2.05) is 12.1 Å². The summed E-state index contributed by atoms with van der Waals surface area (Å²) in [6.07, 6.45) is 0.498. The Kier molecular flexibility index (Phi) is 1.83. The van der Waals surface area contributed by atoms with Crippen LogP contribution >= 0.6 is 11.6 Å². The second-order valence-electron chi connectivity index (χ2n) is 2.21. The van der Waals surface area contributed by atoms with Crippen LogP contribution in [-0.2, 0) is 0 Å². The molecule has 59 valence electrons. The SMILES string of the molecule is Clc1cccc([C]2N=NN=N2)c1. The highest BCUT2D eigenvalue weighted by molar-refractivity contribution is 6.30. The van der Waals surface area contributed by atoms with Crippen LogP contribution in [0.5, 0.6) is 0 Å². The number of hydrogen-bond acceptors (Lipinski definition) is 4. The van der Waals surface area contributed by atoms with Crippen molar-refractivity contribution in [2.24, 2.45) is 20.7 Å². The largest absolute Gasteiger partial charge is 0.272 e. The highest BCUT2D eigenvalue weighted by Crippen LogP contribution is 2.24. The zero-order chi connectivity index (χ0) is 8.39. The maximum Gasteiger partial charge on any atom is 0.272 e. The molecule has 0 spiro atoms. The molecule has 0 aromatic heterocycles. The maximum absolute atomic E-state index is 5.77. The first-order valence-corrected chi connectivity index (χ1v) is 3.69. The molecule has 1 aliphatic heterocycles. The lowest BCUT2D eigenvalue weighted by Crippen LogP contribution is -1.87. The van der Waals surface area contributed by atoms with Gasteiger partial charge in [0, 0.05) is 10.6 Å². The van der Waals surface area contributed by atoms with Gasteiger partial charge in [0.25, 0.3) is 6.17 Å². The van der Waals surface area contributed by atoms with Gasteiger partial charge in [0.05, 0.1) is 0 Å². The van der Waals surface area contributed by atoms with Crippen LogP contribution in [0.4, 0.5) is 0 Å². The summed E-state index contributed by atoms with van der Waals surface area (Å²) in [6, 6.07) is 7.23. The molecule has 1 aliphatic rings. The zero-order valence-corrected chi connectivity index (χ0v) is 6.73. The van der Waals surface area contributed by atoms with Crippen molar-refractivity contribution in [1.29, 1.82) is 0 Å². The van der Waals surface area contributed by atoms with Crippen molar-refractivity contribution in [3.63, 3.8) is 0 Å². The monoisotopic (exact) mass is 179 g/mol. The van der Waals surface area contributed by atoms with Crippen molar-refractivity contribution < 1.29 is 0 Å². The Hall–Kier alpha value is -1.29. The molecule has 0 amide bonds. The zero-order valence-electron chi connectivity index (χ0n) is 5.98. The summed E-state index contributed by atoms with van der Waals surface area (Å²) in [7, 11) is 0. The van der Waals surface area contributed by atoms with E-state index in [9.17, 15) is 0 Å². The number of rotatable bonds is 1. The Morgan fingerprint density at radius 3 is 2.50 bits per heavy atom. The summed E-state index contributed by atoms with van der Waals surface area (Å²) >= 11 is 5.77. The lowest BCUT2D eigenvalue weighted by Gasteiger charge is -1.98. The van der Waals surface area contributed by atoms with Crippen LogP contribution in [0.25, 0.3) is 0 Å². The van der Waals surface area contributed by atoms with Gasteiger partial charge in [-0.1, -0.05) is 23.7 Å². The Balaban J connectivity index is 2.34. The Morgan fingerprint density at radius 2 is 1.83 bits per heavy atom. The molecule has 1 aromatic carbocycles. The van der Waals surface area contributed by atoms with E-state index in [0.717, 1.165) is 5.56 Å². The van der Waals surface area contributed by atoms with Crippen LogP contribution < -0.4 is 0 Å². The first kappa shape index (κ1) is 7.36. The quantitative estimate of drug-likeness (QED) is 0.637. The minimum atomic E-state index is 0.498. The molecule has 5 heteroatoms. The third kappa shape index (κ3) is 1.33. The summed E-state index contributed by atoms with van der Waals surface area (Å²) in [5, 5.41) is 14.8. The maximum atomic E-state index is 5.77. The highest BCUT2D eigenvalue weighted by atomic mass is 35.5. The summed E-state index contributed by atoms with van der Waals surface area (Å²) in [5.74, 6) is 0. The van der Waals surface area contributed by atoms with Gasteiger partial charge in [0.2, 0.25) is 0 Å². The van der Waals surface area contributed by atoms with Crippen molar-refractivity contribution in [2.45, 2.75) is 0 Å². The normalized spacial score (nSPS) is 15.8. The van der Waals surface area contributed by atoms with E-state index >= 15 is 0 Å². The van der Waals surface area contributed by atoms with E-state index < -0.39 is 0 Å². The lowest BCUT2D eigenvalue weighted by molar-refractivity contribution is 1.02.